The smallest absolute Gasteiger partial charge is 0.318 e. The molecule has 0 spiro atoms. The molecule has 3 heterocycles. The summed E-state index contributed by atoms with van der Waals surface area (Å²) < 4.78 is 17.9. The van der Waals surface area contributed by atoms with E-state index in [9.17, 15) is 9.18 Å². The minimum absolute atomic E-state index is 0.202. The fourth-order valence-corrected chi connectivity index (χ4v) is 5.13. The van der Waals surface area contributed by atoms with Gasteiger partial charge in [-0.25, -0.2) is 13.9 Å². The molecule has 2 aromatic heterocycles. The van der Waals surface area contributed by atoms with E-state index in [1.165, 1.54) is 17.7 Å². The van der Waals surface area contributed by atoms with E-state index in [4.69, 9.17) is 5.10 Å². The quantitative estimate of drug-likeness (QED) is 0.315. The second-order valence-corrected chi connectivity index (χ2v) is 9.66. The Morgan fingerprint density at radius 1 is 0.947 bits per heavy atom. The van der Waals surface area contributed by atoms with Crippen LogP contribution in [0.15, 0.2) is 97.2 Å². The molecule has 6 rings (SSSR count). The molecule has 1 aliphatic rings. The summed E-state index contributed by atoms with van der Waals surface area (Å²) in [6.07, 6.45) is 2.00. The van der Waals surface area contributed by atoms with Gasteiger partial charge in [0.1, 0.15) is 11.6 Å². The van der Waals surface area contributed by atoms with Gasteiger partial charge in [-0.2, -0.15) is 5.10 Å². The molecule has 0 saturated carbocycles. The molecule has 0 aliphatic carbocycles. The normalized spacial score (nSPS) is 14.5. The lowest BCUT2D eigenvalue weighted by molar-refractivity contribution is 0.180. The van der Waals surface area contributed by atoms with Gasteiger partial charge in [0.05, 0.1) is 29.7 Å². The Morgan fingerprint density at radius 2 is 1.68 bits per heavy atom. The largest absolute Gasteiger partial charge is 0.334 e. The molecule has 3 aromatic carbocycles. The molecule has 190 valence electrons. The van der Waals surface area contributed by atoms with Crippen LogP contribution in [0.3, 0.4) is 0 Å². The highest BCUT2D eigenvalue weighted by Gasteiger charge is 2.35. The molecule has 7 heteroatoms. The number of aromatic nitrogens is 3. The van der Waals surface area contributed by atoms with Crippen LogP contribution in [-0.4, -0.2) is 25.3 Å². The van der Waals surface area contributed by atoms with Crippen molar-refractivity contribution in [2.45, 2.75) is 33.0 Å². The van der Waals surface area contributed by atoms with E-state index >= 15 is 0 Å². The van der Waals surface area contributed by atoms with Crippen LogP contribution in [-0.2, 0) is 13.1 Å². The number of fused-ring (bicyclic) bond motifs is 3. The third kappa shape index (κ3) is 4.26. The number of hydrogen-bond donors (Lipinski definition) is 1. The summed E-state index contributed by atoms with van der Waals surface area (Å²) in [4.78, 5) is 15.7. The summed E-state index contributed by atoms with van der Waals surface area (Å²) in [5.74, 6) is 0.585. The molecular formula is C31H28FN5O. The van der Waals surface area contributed by atoms with Gasteiger partial charge in [-0.05, 0) is 61.4 Å². The summed E-state index contributed by atoms with van der Waals surface area (Å²) in [7, 11) is 0. The Labute approximate surface area is 221 Å². The Bertz CT molecular complexity index is 1590. The van der Waals surface area contributed by atoms with Gasteiger partial charge in [0.25, 0.3) is 0 Å². The van der Waals surface area contributed by atoms with Crippen molar-refractivity contribution in [2.75, 3.05) is 0 Å². The van der Waals surface area contributed by atoms with E-state index < -0.39 is 6.04 Å². The third-order valence-electron chi connectivity index (χ3n) is 7.10. The van der Waals surface area contributed by atoms with Crippen molar-refractivity contribution >= 4 is 6.03 Å². The number of nitrogens with one attached hydrogen (secondary N) is 1. The van der Waals surface area contributed by atoms with Crippen LogP contribution in [0.1, 0.15) is 39.7 Å². The first kappa shape index (κ1) is 23.7. The molecule has 2 amide bonds. The number of amides is 2. The van der Waals surface area contributed by atoms with Gasteiger partial charge in [0, 0.05) is 18.3 Å². The number of hydrogen-bond acceptors (Lipinski definition) is 2. The van der Waals surface area contributed by atoms with Crippen LogP contribution in [0.2, 0.25) is 0 Å². The summed E-state index contributed by atoms with van der Waals surface area (Å²) in [6, 6.07) is 27.8. The molecule has 38 heavy (non-hydrogen) atoms. The molecule has 0 radical (unpaired) electrons. The standard InChI is InChI=1S/C31H28FN5O/c1-21-10-12-23(13-11-21)19-33-31(38)36-20-27-22(2)34-37(26-7-4-3-5-8-26)30(27)35-18-6-9-28(35)29(36)24-14-16-25(32)17-15-24/h3-18,29H,19-20H2,1-2H3,(H,33,38)/t29-/m0/s1. The van der Waals surface area contributed by atoms with Crippen molar-refractivity contribution in [2.24, 2.45) is 0 Å². The molecule has 1 N–H and O–H groups in total. The number of para-hydroxylation sites is 1. The minimum atomic E-state index is -0.431. The van der Waals surface area contributed by atoms with Gasteiger partial charge in [0.2, 0.25) is 0 Å². The average Bonchev–Trinajstić information content (AvgIpc) is 3.50. The zero-order valence-electron chi connectivity index (χ0n) is 21.3. The predicted octanol–water partition coefficient (Wildman–Crippen LogP) is 6.23. The zero-order chi connectivity index (χ0) is 26.2. The molecule has 1 atom stereocenters. The highest BCUT2D eigenvalue weighted by atomic mass is 19.1. The van der Waals surface area contributed by atoms with Gasteiger partial charge in [-0.3, -0.25) is 0 Å². The first-order valence-corrected chi connectivity index (χ1v) is 12.7. The Morgan fingerprint density at radius 3 is 2.42 bits per heavy atom. The van der Waals surface area contributed by atoms with E-state index in [1.54, 1.807) is 12.1 Å². The molecule has 0 saturated heterocycles. The fourth-order valence-electron chi connectivity index (χ4n) is 5.13. The van der Waals surface area contributed by atoms with Crippen molar-refractivity contribution < 1.29 is 9.18 Å². The minimum Gasteiger partial charge on any atom is -0.334 e. The molecule has 0 fully saturated rings. The van der Waals surface area contributed by atoms with Gasteiger partial charge in [0.15, 0.2) is 0 Å². The molecule has 0 unspecified atom stereocenters. The van der Waals surface area contributed by atoms with E-state index in [-0.39, 0.29) is 11.8 Å². The Hall–Kier alpha value is -4.65. The molecule has 6 nitrogen and oxygen atoms in total. The van der Waals surface area contributed by atoms with E-state index in [0.717, 1.165) is 39.6 Å². The predicted molar refractivity (Wildman–Crippen MR) is 145 cm³/mol. The van der Waals surface area contributed by atoms with Crippen molar-refractivity contribution in [1.82, 2.24) is 24.6 Å². The second-order valence-electron chi connectivity index (χ2n) is 9.66. The first-order chi connectivity index (χ1) is 18.5. The Balaban J connectivity index is 1.47. The number of halogens is 1. The maximum Gasteiger partial charge on any atom is 0.318 e. The van der Waals surface area contributed by atoms with E-state index in [2.05, 4.69) is 9.88 Å². The second kappa shape index (κ2) is 9.67. The Kier molecular flexibility index (Phi) is 6.04. The SMILES string of the molecule is Cc1ccc(CNC(=O)N2Cc3c(C)nn(-c4ccccc4)c3-n3cccc3[C@@H]2c2ccc(F)cc2)cc1. The van der Waals surface area contributed by atoms with E-state index in [0.29, 0.717) is 13.1 Å². The number of aryl methyl sites for hydroxylation is 2. The van der Waals surface area contributed by atoms with Crippen LogP contribution in [0.25, 0.3) is 11.5 Å². The topological polar surface area (TPSA) is 55.1 Å². The fraction of sp³-hybridized carbons (Fsp3) is 0.161. The first-order valence-electron chi connectivity index (χ1n) is 12.7. The number of carbonyl (C=O) groups is 1. The van der Waals surface area contributed by atoms with Gasteiger partial charge in [-0.15, -0.1) is 0 Å². The maximum absolute atomic E-state index is 13.9. The monoisotopic (exact) mass is 505 g/mol. The number of rotatable bonds is 4. The lowest BCUT2D eigenvalue weighted by Gasteiger charge is -2.31. The average molecular weight is 506 g/mol. The van der Waals surface area contributed by atoms with Crippen LogP contribution in [0, 0.1) is 19.7 Å². The molecule has 0 bridgehead atoms. The van der Waals surface area contributed by atoms with Crippen molar-refractivity contribution in [3.05, 3.63) is 137 Å². The third-order valence-corrected chi connectivity index (χ3v) is 7.10. The van der Waals surface area contributed by atoms with E-state index in [1.807, 2.05) is 96.4 Å². The summed E-state index contributed by atoms with van der Waals surface area (Å²) >= 11 is 0. The number of nitrogens with zero attached hydrogens (tertiary/aromatic N) is 4. The maximum atomic E-state index is 13.9. The summed E-state index contributed by atoms with van der Waals surface area (Å²) in [5.41, 5.74) is 6.67. The van der Waals surface area contributed by atoms with Crippen LogP contribution >= 0.6 is 0 Å². The van der Waals surface area contributed by atoms with Gasteiger partial charge >= 0.3 is 6.03 Å². The van der Waals surface area contributed by atoms with Crippen LogP contribution < -0.4 is 5.32 Å². The lowest BCUT2D eigenvalue weighted by atomic mass is 10.0. The highest BCUT2D eigenvalue weighted by molar-refractivity contribution is 5.76. The van der Waals surface area contributed by atoms with Crippen molar-refractivity contribution in [3.63, 3.8) is 0 Å². The molecular weight excluding hydrogens is 477 g/mol. The summed E-state index contributed by atoms with van der Waals surface area (Å²) in [6.45, 7) is 4.76. The zero-order valence-corrected chi connectivity index (χ0v) is 21.3. The van der Waals surface area contributed by atoms with Gasteiger partial charge in [-0.1, -0.05) is 60.2 Å². The number of carbonyl (C=O) groups excluding carboxylic acids is 1. The molecule has 5 aromatic rings. The number of urea groups is 1. The number of benzene rings is 3. The van der Waals surface area contributed by atoms with Crippen molar-refractivity contribution in [1.29, 1.82) is 0 Å². The van der Waals surface area contributed by atoms with Crippen molar-refractivity contribution in [3.8, 4) is 11.5 Å². The highest BCUT2D eigenvalue weighted by Crippen LogP contribution is 2.38. The molecule has 1 aliphatic heterocycles. The van der Waals surface area contributed by atoms with Crippen LogP contribution in [0.4, 0.5) is 9.18 Å². The van der Waals surface area contributed by atoms with Gasteiger partial charge < -0.3 is 14.8 Å². The lowest BCUT2D eigenvalue weighted by Crippen LogP contribution is -2.41. The summed E-state index contributed by atoms with van der Waals surface area (Å²) in [5, 5.41) is 7.99. The van der Waals surface area contributed by atoms with Crippen LogP contribution in [0.5, 0.6) is 0 Å².